The molecule has 0 spiro atoms. The highest BCUT2D eigenvalue weighted by Crippen LogP contribution is 2.24. The highest BCUT2D eigenvalue weighted by atomic mass is 16.5. The van der Waals surface area contributed by atoms with Crippen LogP contribution in [0.1, 0.15) is 36.4 Å². The van der Waals surface area contributed by atoms with Gasteiger partial charge in [-0.15, -0.1) is 0 Å². The van der Waals surface area contributed by atoms with E-state index in [0.717, 1.165) is 19.4 Å². The molecule has 1 aromatic carbocycles. The number of carbonyl (C=O) groups is 1. The third kappa shape index (κ3) is 3.55. The highest BCUT2D eigenvalue weighted by molar-refractivity contribution is 5.73. The zero-order valence-corrected chi connectivity index (χ0v) is 10.5. The summed E-state index contributed by atoms with van der Waals surface area (Å²) in [6.45, 7) is 2.30. The van der Waals surface area contributed by atoms with Gasteiger partial charge in [0.2, 0.25) is 5.91 Å². The predicted molar refractivity (Wildman–Crippen MR) is 69.9 cm³/mol. The molecule has 1 heterocycles. The lowest BCUT2D eigenvalue weighted by Gasteiger charge is -2.26. The van der Waals surface area contributed by atoms with Crippen LogP contribution in [0.4, 0.5) is 0 Å². The van der Waals surface area contributed by atoms with Gasteiger partial charge in [0.1, 0.15) is 0 Å². The number of ether oxygens (including phenoxy) is 1. The van der Waals surface area contributed by atoms with Crippen LogP contribution in [0.3, 0.4) is 0 Å². The molecule has 1 atom stereocenters. The summed E-state index contributed by atoms with van der Waals surface area (Å²) in [6.07, 6.45) is 2.28. The third-order valence-corrected chi connectivity index (χ3v) is 3.21. The maximum absolute atomic E-state index is 10.6. The molecule has 0 fully saturated rings. The summed E-state index contributed by atoms with van der Waals surface area (Å²) < 4.78 is 5.57. The summed E-state index contributed by atoms with van der Waals surface area (Å²) in [6, 6.07) is 8.63. The van der Waals surface area contributed by atoms with Crippen molar-refractivity contribution in [2.75, 3.05) is 13.2 Å². The smallest absolute Gasteiger partial charge is 0.217 e. The molecule has 0 radical (unpaired) electrons. The van der Waals surface area contributed by atoms with E-state index < -0.39 is 0 Å². The summed E-state index contributed by atoms with van der Waals surface area (Å²) in [5, 5.41) is 3.47. The highest BCUT2D eigenvalue weighted by Gasteiger charge is 2.19. The molecule has 4 nitrogen and oxygen atoms in total. The van der Waals surface area contributed by atoms with Crippen molar-refractivity contribution in [1.82, 2.24) is 5.32 Å². The normalized spacial score (nSPS) is 18.3. The molecule has 3 N–H and O–H groups in total. The number of fused-ring (bicyclic) bond motifs is 1. The average Bonchev–Trinajstić information content (AvgIpc) is 2.38. The molecule has 1 amide bonds. The van der Waals surface area contributed by atoms with Gasteiger partial charge < -0.3 is 15.8 Å². The number of hydrogen-bond donors (Lipinski definition) is 2. The zero-order chi connectivity index (χ0) is 12.8. The second-order valence-corrected chi connectivity index (χ2v) is 4.64. The Hall–Kier alpha value is -1.39. The first kappa shape index (κ1) is 13.1. The van der Waals surface area contributed by atoms with Crippen molar-refractivity contribution in [3.8, 4) is 0 Å². The molecule has 0 bridgehead atoms. The minimum Gasteiger partial charge on any atom is -0.375 e. The van der Waals surface area contributed by atoms with Crippen LogP contribution in [-0.2, 0) is 16.1 Å². The molecule has 98 valence electrons. The zero-order valence-electron chi connectivity index (χ0n) is 10.5. The molecule has 1 unspecified atom stereocenters. The lowest BCUT2D eigenvalue weighted by atomic mass is 9.99. The Kier molecular flexibility index (Phi) is 4.73. The number of nitrogens with one attached hydrogen (secondary N) is 1. The number of amides is 1. The molecule has 0 saturated heterocycles. The van der Waals surface area contributed by atoms with Crippen molar-refractivity contribution < 1.29 is 9.53 Å². The van der Waals surface area contributed by atoms with Crippen LogP contribution in [-0.4, -0.2) is 19.1 Å². The van der Waals surface area contributed by atoms with E-state index in [9.17, 15) is 4.79 Å². The van der Waals surface area contributed by atoms with E-state index in [1.54, 1.807) is 0 Å². The maximum Gasteiger partial charge on any atom is 0.217 e. The fraction of sp³-hybridized carbons (Fsp3) is 0.500. The van der Waals surface area contributed by atoms with Crippen LogP contribution >= 0.6 is 0 Å². The molecule has 18 heavy (non-hydrogen) atoms. The Morgan fingerprint density at radius 2 is 2.22 bits per heavy atom. The van der Waals surface area contributed by atoms with Crippen molar-refractivity contribution in [1.29, 1.82) is 0 Å². The Morgan fingerprint density at radius 1 is 1.39 bits per heavy atom. The summed E-state index contributed by atoms with van der Waals surface area (Å²) in [7, 11) is 0. The van der Waals surface area contributed by atoms with Gasteiger partial charge >= 0.3 is 0 Å². The minimum absolute atomic E-state index is 0.221. The Bertz CT molecular complexity index is 407. The predicted octanol–water partition coefficient (Wildman–Crippen LogP) is 1.50. The van der Waals surface area contributed by atoms with Crippen molar-refractivity contribution in [3.05, 3.63) is 35.4 Å². The number of carbonyl (C=O) groups excluding carboxylic acids is 1. The van der Waals surface area contributed by atoms with E-state index in [1.807, 2.05) is 6.07 Å². The Balaban J connectivity index is 1.79. The largest absolute Gasteiger partial charge is 0.375 e. The van der Waals surface area contributed by atoms with E-state index in [-0.39, 0.29) is 11.9 Å². The van der Waals surface area contributed by atoms with Crippen LogP contribution in [0, 0.1) is 0 Å². The standard InChI is InChI=1S/C14H20N2O2/c15-14(17)7-3-4-8-16-13-10-18-9-11-5-1-2-6-12(11)13/h1-2,5-6,13,16H,3-4,7-10H2,(H2,15,17). The van der Waals surface area contributed by atoms with Gasteiger partial charge in [0.05, 0.1) is 19.3 Å². The molecule has 1 aliphatic heterocycles. The second-order valence-electron chi connectivity index (χ2n) is 4.64. The lowest BCUT2D eigenvalue weighted by Crippen LogP contribution is -2.30. The molecule has 1 aromatic rings. The summed E-state index contributed by atoms with van der Waals surface area (Å²) in [5.41, 5.74) is 7.70. The molecule has 1 aliphatic rings. The molecule has 4 heteroatoms. The second kappa shape index (κ2) is 6.52. The first-order valence-corrected chi connectivity index (χ1v) is 6.44. The number of nitrogens with two attached hydrogens (primary N) is 1. The molecule has 0 aliphatic carbocycles. The van der Waals surface area contributed by atoms with Crippen LogP contribution in [0.5, 0.6) is 0 Å². The molecular formula is C14H20N2O2. The van der Waals surface area contributed by atoms with Gasteiger partial charge in [0.25, 0.3) is 0 Å². The fourth-order valence-electron chi connectivity index (χ4n) is 2.25. The van der Waals surface area contributed by atoms with E-state index in [2.05, 4.69) is 23.5 Å². The number of primary amides is 1. The van der Waals surface area contributed by atoms with Crippen molar-refractivity contribution >= 4 is 5.91 Å². The van der Waals surface area contributed by atoms with Crippen molar-refractivity contribution in [2.24, 2.45) is 5.73 Å². The number of unbranched alkanes of at least 4 members (excludes halogenated alkanes) is 1. The van der Waals surface area contributed by atoms with Gasteiger partial charge in [-0.3, -0.25) is 4.79 Å². The third-order valence-electron chi connectivity index (χ3n) is 3.21. The number of benzene rings is 1. The van der Waals surface area contributed by atoms with Crippen molar-refractivity contribution in [3.63, 3.8) is 0 Å². The Morgan fingerprint density at radius 3 is 3.06 bits per heavy atom. The maximum atomic E-state index is 10.6. The van der Waals surface area contributed by atoms with Gasteiger partial charge in [-0.2, -0.15) is 0 Å². The first-order chi connectivity index (χ1) is 8.77. The van der Waals surface area contributed by atoms with Gasteiger partial charge in [0.15, 0.2) is 0 Å². The Labute approximate surface area is 108 Å². The molecule has 2 rings (SSSR count). The van der Waals surface area contributed by atoms with Gasteiger partial charge in [-0.25, -0.2) is 0 Å². The monoisotopic (exact) mass is 248 g/mol. The van der Waals surface area contributed by atoms with Gasteiger partial charge in [-0.05, 0) is 30.5 Å². The summed E-state index contributed by atoms with van der Waals surface area (Å²) >= 11 is 0. The van der Waals surface area contributed by atoms with Gasteiger partial charge in [-0.1, -0.05) is 24.3 Å². The quantitative estimate of drug-likeness (QED) is 0.750. The number of hydrogen-bond acceptors (Lipinski definition) is 3. The minimum atomic E-state index is -0.221. The van der Waals surface area contributed by atoms with Crippen LogP contribution in [0.2, 0.25) is 0 Å². The molecule has 0 aromatic heterocycles. The van der Waals surface area contributed by atoms with Gasteiger partial charge in [0, 0.05) is 6.42 Å². The van der Waals surface area contributed by atoms with E-state index in [4.69, 9.17) is 10.5 Å². The first-order valence-electron chi connectivity index (χ1n) is 6.44. The SMILES string of the molecule is NC(=O)CCCCNC1COCc2ccccc21. The molecule has 0 saturated carbocycles. The van der Waals surface area contributed by atoms with E-state index in [0.29, 0.717) is 19.6 Å². The van der Waals surface area contributed by atoms with E-state index >= 15 is 0 Å². The number of rotatable bonds is 6. The van der Waals surface area contributed by atoms with Crippen LogP contribution in [0.25, 0.3) is 0 Å². The van der Waals surface area contributed by atoms with Crippen LogP contribution in [0.15, 0.2) is 24.3 Å². The fourth-order valence-corrected chi connectivity index (χ4v) is 2.25. The van der Waals surface area contributed by atoms with E-state index in [1.165, 1.54) is 11.1 Å². The summed E-state index contributed by atoms with van der Waals surface area (Å²) in [5.74, 6) is -0.221. The van der Waals surface area contributed by atoms with Crippen molar-refractivity contribution in [2.45, 2.75) is 31.9 Å². The molecular weight excluding hydrogens is 228 g/mol. The summed E-state index contributed by atoms with van der Waals surface area (Å²) in [4.78, 5) is 10.6. The van der Waals surface area contributed by atoms with Crippen LogP contribution < -0.4 is 11.1 Å². The topological polar surface area (TPSA) is 64.4 Å². The average molecular weight is 248 g/mol. The lowest BCUT2D eigenvalue weighted by molar-refractivity contribution is -0.118.